The van der Waals surface area contributed by atoms with Gasteiger partial charge in [-0.25, -0.2) is 9.78 Å². The molecule has 0 spiro atoms. The SMILES string of the molecule is CN(Cc1csc(NC(=O)NCc2cc(Cl)c3c(c2)OCO3)n1)C(=O)C1CCCO1. The zero-order valence-corrected chi connectivity index (χ0v) is 17.8. The molecule has 1 aromatic heterocycles. The number of carbonyl (C=O) groups excluding carboxylic acids is 2. The highest BCUT2D eigenvalue weighted by Gasteiger charge is 2.26. The Morgan fingerprint density at radius 2 is 2.23 bits per heavy atom. The van der Waals surface area contributed by atoms with Gasteiger partial charge in [-0.3, -0.25) is 10.1 Å². The van der Waals surface area contributed by atoms with E-state index in [1.165, 1.54) is 11.3 Å². The third kappa shape index (κ3) is 4.77. The number of fused-ring (bicyclic) bond motifs is 1. The number of thiazole rings is 1. The molecule has 3 amide bonds. The number of rotatable bonds is 6. The molecule has 1 saturated heterocycles. The van der Waals surface area contributed by atoms with Crippen molar-refractivity contribution in [1.82, 2.24) is 15.2 Å². The lowest BCUT2D eigenvalue weighted by molar-refractivity contribution is -0.140. The summed E-state index contributed by atoms with van der Waals surface area (Å²) in [5, 5.41) is 8.15. The predicted octanol–water partition coefficient (Wildman–Crippen LogP) is 2.98. The van der Waals surface area contributed by atoms with Gasteiger partial charge in [0.05, 0.1) is 17.3 Å². The Hall–Kier alpha value is -2.56. The lowest BCUT2D eigenvalue weighted by Gasteiger charge is -2.19. The molecule has 1 fully saturated rings. The highest BCUT2D eigenvalue weighted by Crippen LogP contribution is 2.39. The van der Waals surface area contributed by atoms with E-state index in [-0.39, 0.29) is 25.3 Å². The number of benzene rings is 1. The molecule has 0 aliphatic carbocycles. The summed E-state index contributed by atoms with van der Waals surface area (Å²) in [6.45, 7) is 1.38. The second-order valence-electron chi connectivity index (χ2n) is 6.96. The first-order chi connectivity index (χ1) is 14.5. The smallest absolute Gasteiger partial charge is 0.321 e. The summed E-state index contributed by atoms with van der Waals surface area (Å²) in [7, 11) is 1.72. The molecule has 1 atom stereocenters. The van der Waals surface area contributed by atoms with Gasteiger partial charge in [0, 0.05) is 25.6 Å². The van der Waals surface area contributed by atoms with Crippen LogP contribution in [0.4, 0.5) is 9.93 Å². The van der Waals surface area contributed by atoms with Crippen LogP contribution in [0.5, 0.6) is 11.5 Å². The number of amides is 3. The van der Waals surface area contributed by atoms with E-state index in [0.29, 0.717) is 40.5 Å². The zero-order valence-electron chi connectivity index (χ0n) is 16.3. The van der Waals surface area contributed by atoms with Crippen LogP contribution in [-0.2, 0) is 22.6 Å². The van der Waals surface area contributed by atoms with Crippen LogP contribution in [0, 0.1) is 0 Å². The Morgan fingerprint density at radius 3 is 3.03 bits per heavy atom. The van der Waals surface area contributed by atoms with E-state index in [1.807, 2.05) is 5.38 Å². The normalized spacial score (nSPS) is 17.1. The van der Waals surface area contributed by atoms with E-state index in [4.69, 9.17) is 25.8 Å². The van der Waals surface area contributed by atoms with Gasteiger partial charge < -0.3 is 24.4 Å². The van der Waals surface area contributed by atoms with Gasteiger partial charge in [-0.05, 0) is 30.5 Å². The molecule has 2 aliphatic rings. The molecule has 4 rings (SSSR count). The average Bonchev–Trinajstić information content (AvgIpc) is 3.47. The quantitative estimate of drug-likeness (QED) is 0.698. The number of hydrogen-bond donors (Lipinski definition) is 2. The van der Waals surface area contributed by atoms with Crippen LogP contribution in [-0.4, -0.2) is 48.4 Å². The summed E-state index contributed by atoms with van der Waals surface area (Å²) in [6.07, 6.45) is 1.30. The minimum atomic E-state index is -0.395. The molecule has 2 aliphatic heterocycles. The van der Waals surface area contributed by atoms with E-state index in [9.17, 15) is 9.59 Å². The molecule has 0 bridgehead atoms. The molecule has 2 N–H and O–H groups in total. The van der Waals surface area contributed by atoms with Gasteiger partial charge in [0.2, 0.25) is 6.79 Å². The number of aromatic nitrogens is 1. The van der Waals surface area contributed by atoms with Crippen LogP contribution in [0.25, 0.3) is 0 Å². The van der Waals surface area contributed by atoms with Crippen molar-refractivity contribution in [3.05, 3.63) is 33.8 Å². The molecule has 30 heavy (non-hydrogen) atoms. The van der Waals surface area contributed by atoms with Crippen molar-refractivity contribution in [2.75, 3.05) is 25.8 Å². The summed E-state index contributed by atoms with van der Waals surface area (Å²) in [5.74, 6) is 1.03. The largest absolute Gasteiger partial charge is 0.454 e. The lowest BCUT2D eigenvalue weighted by atomic mass is 10.2. The molecule has 1 unspecified atom stereocenters. The Labute approximate surface area is 182 Å². The van der Waals surface area contributed by atoms with Gasteiger partial charge in [-0.1, -0.05) is 11.6 Å². The second kappa shape index (κ2) is 9.07. The summed E-state index contributed by atoms with van der Waals surface area (Å²) in [5.41, 5.74) is 1.49. The van der Waals surface area contributed by atoms with E-state index in [2.05, 4.69) is 15.6 Å². The Kier molecular flexibility index (Phi) is 6.26. The van der Waals surface area contributed by atoms with E-state index in [0.717, 1.165) is 18.4 Å². The minimum absolute atomic E-state index is 0.0462. The fourth-order valence-corrected chi connectivity index (χ4v) is 4.21. The highest BCUT2D eigenvalue weighted by molar-refractivity contribution is 7.13. The van der Waals surface area contributed by atoms with Gasteiger partial charge in [0.1, 0.15) is 6.10 Å². The molecule has 2 aromatic rings. The van der Waals surface area contributed by atoms with Gasteiger partial charge in [0.25, 0.3) is 5.91 Å². The number of likely N-dealkylation sites (N-methyl/N-ethyl adjacent to an activating group) is 1. The number of ether oxygens (including phenoxy) is 3. The second-order valence-corrected chi connectivity index (χ2v) is 8.22. The van der Waals surface area contributed by atoms with Crippen LogP contribution in [0.3, 0.4) is 0 Å². The van der Waals surface area contributed by atoms with E-state index < -0.39 is 6.03 Å². The molecule has 0 saturated carbocycles. The summed E-state index contributed by atoms with van der Waals surface area (Å²) < 4.78 is 16.0. The van der Waals surface area contributed by atoms with Crippen LogP contribution < -0.4 is 20.1 Å². The molecule has 1 aromatic carbocycles. The Balaban J connectivity index is 1.27. The lowest BCUT2D eigenvalue weighted by Crippen LogP contribution is -2.35. The van der Waals surface area contributed by atoms with Crippen molar-refractivity contribution in [3.63, 3.8) is 0 Å². The monoisotopic (exact) mass is 452 g/mol. The van der Waals surface area contributed by atoms with Crippen LogP contribution in [0.1, 0.15) is 24.1 Å². The number of hydrogen-bond acceptors (Lipinski definition) is 7. The summed E-state index contributed by atoms with van der Waals surface area (Å²) in [6, 6.07) is 3.10. The Morgan fingerprint density at radius 1 is 1.37 bits per heavy atom. The molecule has 9 nitrogen and oxygen atoms in total. The first-order valence-electron chi connectivity index (χ1n) is 9.43. The third-order valence-electron chi connectivity index (χ3n) is 4.69. The molecular formula is C19H21ClN4O5S. The standard InChI is InChI=1S/C19H21ClN4O5S/c1-24(17(25)14-3-2-4-27-14)8-12-9-30-19(22-12)23-18(26)21-7-11-5-13(20)16-15(6-11)28-10-29-16/h5-6,9,14H,2-4,7-8,10H2,1H3,(H2,21,22,23,26). The topological polar surface area (TPSA) is 102 Å². The van der Waals surface area contributed by atoms with E-state index in [1.54, 1.807) is 24.1 Å². The summed E-state index contributed by atoms with van der Waals surface area (Å²) >= 11 is 7.44. The Bertz CT molecular complexity index is 947. The number of halogens is 1. The first kappa shape index (κ1) is 20.7. The van der Waals surface area contributed by atoms with E-state index >= 15 is 0 Å². The number of carbonyl (C=O) groups is 2. The maximum Gasteiger partial charge on any atom is 0.321 e. The van der Waals surface area contributed by atoms with Crippen molar-refractivity contribution in [2.45, 2.75) is 32.0 Å². The van der Waals surface area contributed by atoms with Gasteiger partial charge >= 0.3 is 6.03 Å². The fourth-order valence-electron chi connectivity index (χ4n) is 3.22. The van der Waals surface area contributed by atoms with Crippen molar-refractivity contribution in [1.29, 1.82) is 0 Å². The number of nitrogens with one attached hydrogen (secondary N) is 2. The summed E-state index contributed by atoms with van der Waals surface area (Å²) in [4.78, 5) is 30.5. The van der Waals surface area contributed by atoms with Gasteiger partial charge in [0.15, 0.2) is 16.6 Å². The number of nitrogens with zero attached hydrogens (tertiary/aromatic N) is 2. The van der Waals surface area contributed by atoms with Gasteiger partial charge in [-0.15, -0.1) is 11.3 Å². The van der Waals surface area contributed by atoms with Crippen LogP contribution >= 0.6 is 22.9 Å². The number of urea groups is 1. The van der Waals surface area contributed by atoms with Gasteiger partial charge in [-0.2, -0.15) is 0 Å². The molecule has 0 radical (unpaired) electrons. The van der Waals surface area contributed by atoms with Crippen molar-refractivity contribution in [2.24, 2.45) is 0 Å². The number of anilines is 1. The van der Waals surface area contributed by atoms with Crippen molar-refractivity contribution in [3.8, 4) is 11.5 Å². The average molecular weight is 453 g/mol. The molecule has 3 heterocycles. The maximum absolute atomic E-state index is 12.3. The zero-order chi connectivity index (χ0) is 21.1. The molecular weight excluding hydrogens is 432 g/mol. The van der Waals surface area contributed by atoms with Crippen molar-refractivity contribution < 1.29 is 23.8 Å². The maximum atomic E-state index is 12.3. The van der Waals surface area contributed by atoms with Crippen molar-refractivity contribution >= 4 is 40.0 Å². The van der Waals surface area contributed by atoms with Crippen LogP contribution in [0.15, 0.2) is 17.5 Å². The fraction of sp³-hybridized carbons (Fsp3) is 0.421. The third-order valence-corrected chi connectivity index (χ3v) is 5.78. The molecule has 11 heteroatoms. The highest BCUT2D eigenvalue weighted by atomic mass is 35.5. The molecule has 160 valence electrons. The predicted molar refractivity (Wildman–Crippen MR) is 111 cm³/mol. The first-order valence-corrected chi connectivity index (χ1v) is 10.7. The van der Waals surface area contributed by atoms with Crippen LogP contribution in [0.2, 0.25) is 5.02 Å². The minimum Gasteiger partial charge on any atom is -0.454 e.